The van der Waals surface area contributed by atoms with Gasteiger partial charge in [-0.2, -0.15) is 0 Å². The lowest BCUT2D eigenvalue weighted by Crippen LogP contribution is -2.64. The van der Waals surface area contributed by atoms with Crippen LogP contribution in [0, 0.1) is 0 Å². The molecular formula is C22H32O16. The zero-order valence-electron chi connectivity index (χ0n) is 21.3. The summed E-state index contributed by atoms with van der Waals surface area (Å²) in [7, 11) is 0. The molecule has 2 saturated heterocycles. The summed E-state index contributed by atoms with van der Waals surface area (Å²) in [6.45, 7) is 3.89. The van der Waals surface area contributed by atoms with Crippen LogP contribution in [0.3, 0.4) is 0 Å². The minimum absolute atomic E-state index is 0.594. The minimum atomic E-state index is -1.86. The molecule has 0 spiro atoms. The fourth-order valence-electron chi connectivity index (χ4n) is 4.01. The molecule has 2 heterocycles. The highest BCUT2D eigenvalue weighted by molar-refractivity contribution is 5.69. The molecule has 0 aromatic carbocycles. The summed E-state index contributed by atoms with van der Waals surface area (Å²) < 4.78 is 42.3. The molecule has 0 saturated carbocycles. The smallest absolute Gasteiger partial charge is 0.303 e. The zero-order valence-corrected chi connectivity index (χ0v) is 21.3. The third kappa shape index (κ3) is 8.31. The van der Waals surface area contributed by atoms with E-state index in [4.69, 9.17) is 37.9 Å². The van der Waals surface area contributed by atoms with E-state index < -0.39 is 104 Å². The topological polar surface area (TPSA) is 220 Å². The standard InChI is InChI=1S/C22H32O16/c1-8(24)32-16-14(37-21(30)19(35-11(4)27)18(16)34-10(3)26)7-31-22-20(36-12(5)28)17(33-9(2)25)15(29)13(6-23)38-22/h13-23,29-30H,6-7H2,1-5H3/t13-,14-,15-,16-,17+,18+,19-,20-,21-,22-/m1/s1. The van der Waals surface area contributed by atoms with Crippen LogP contribution in [0.1, 0.15) is 34.6 Å². The largest absolute Gasteiger partial charge is 0.456 e. The Morgan fingerprint density at radius 1 is 0.605 bits per heavy atom. The molecule has 10 atom stereocenters. The van der Waals surface area contributed by atoms with E-state index in [1.165, 1.54) is 0 Å². The lowest BCUT2D eigenvalue weighted by Gasteiger charge is -2.45. The second-order valence-corrected chi connectivity index (χ2v) is 8.48. The minimum Gasteiger partial charge on any atom is -0.456 e. The average Bonchev–Trinajstić information content (AvgIpc) is 2.79. The number of rotatable bonds is 9. The molecule has 0 aromatic heterocycles. The molecule has 216 valence electrons. The summed E-state index contributed by atoms with van der Waals surface area (Å²) in [5.41, 5.74) is 0. The molecule has 2 rings (SSSR count). The SMILES string of the molecule is CC(=O)O[C@@H]1[C@@H](OC(C)=O)[C@H](O)O[C@H](CO[C@@H]2O[C@H](CO)[C@@H](O)[C@H](OC(C)=O)[C@H]2OC(C)=O)[C@H]1OC(C)=O. The Bertz CT molecular complexity index is 875. The van der Waals surface area contributed by atoms with Crippen molar-refractivity contribution in [2.75, 3.05) is 13.2 Å². The fraction of sp³-hybridized carbons (Fsp3) is 0.773. The van der Waals surface area contributed by atoms with Gasteiger partial charge in [0.05, 0.1) is 13.2 Å². The van der Waals surface area contributed by atoms with E-state index in [0.29, 0.717) is 0 Å². The Kier molecular flexibility index (Phi) is 11.4. The molecule has 2 aliphatic heterocycles. The Hall–Kier alpha value is -2.89. The Labute approximate surface area is 216 Å². The molecule has 0 bridgehead atoms. The first-order valence-corrected chi connectivity index (χ1v) is 11.5. The van der Waals surface area contributed by atoms with Crippen molar-refractivity contribution in [3.8, 4) is 0 Å². The molecule has 16 heteroatoms. The number of carbonyl (C=O) groups excluding carboxylic acids is 5. The summed E-state index contributed by atoms with van der Waals surface area (Å²) in [5.74, 6) is -4.23. The summed E-state index contributed by atoms with van der Waals surface area (Å²) in [4.78, 5) is 58.5. The molecule has 16 nitrogen and oxygen atoms in total. The second kappa shape index (κ2) is 13.8. The number of hydrogen-bond acceptors (Lipinski definition) is 16. The van der Waals surface area contributed by atoms with Gasteiger partial charge in [0.15, 0.2) is 43.1 Å². The third-order valence-corrected chi connectivity index (χ3v) is 5.34. The van der Waals surface area contributed by atoms with Crippen LogP contribution in [0.2, 0.25) is 0 Å². The average molecular weight is 552 g/mol. The van der Waals surface area contributed by atoms with Crippen molar-refractivity contribution in [1.29, 1.82) is 0 Å². The summed E-state index contributed by atoms with van der Waals surface area (Å²) in [5, 5.41) is 30.6. The van der Waals surface area contributed by atoms with Crippen LogP contribution < -0.4 is 0 Å². The second-order valence-electron chi connectivity index (χ2n) is 8.48. The van der Waals surface area contributed by atoms with Crippen molar-refractivity contribution < 1.29 is 77.2 Å². The fourth-order valence-corrected chi connectivity index (χ4v) is 4.01. The van der Waals surface area contributed by atoms with Gasteiger partial charge in [-0.15, -0.1) is 0 Å². The number of ether oxygens (including phenoxy) is 8. The number of carbonyl (C=O) groups is 5. The zero-order chi connectivity index (χ0) is 28.7. The maximum absolute atomic E-state index is 11.8. The molecular weight excluding hydrogens is 520 g/mol. The van der Waals surface area contributed by atoms with Crippen molar-refractivity contribution in [2.24, 2.45) is 0 Å². The van der Waals surface area contributed by atoms with Crippen LogP contribution in [0.5, 0.6) is 0 Å². The van der Waals surface area contributed by atoms with Crippen molar-refractivity contribution >= 4 is 29.8 Å². The van der Waals surface area contributed by atoms with Gasteiger partial charge < -0.3 is 53.2 Å². The predicted molar refractivity (Wildman–Crippen MR) is 116 cm³/mol. The van der Waals surface area contributed by atoms with Crippen molar-refractivity contribution in [2.45, 2.75) is 96.0 Å². The van der Waals surface area contributed by atoms with Crippen LogP contribution in [0.4, 0.5) is 0 Å². The quantitative estimate of drug-likeness (QED) is 0.198. The highest BCUT2D eigenvalue weighted by atomic mass is 16.7. The van der Waals surface area contributed by atoms with Gasteiger partial charge in [0.1, 0.15) is 18.3 Å². The van der Waals surface area contributed by atoms with Crippen molar-refractivity contribution in [3.05, 3.63) is 0 Å². The van der Waals surface area contributed by atoms with E-state index in [1.54, 1.807) is 0 Å². The van der Waals surface area contributed by atoms with Crippen molar-refractivity contribution in [3.63, 3.8) is 0 Å². The number of hydrogen-bond donors (Lipinski definition) is 3. The highest BCUT2D eigenvalue weighted by Crippen LogP contribution is 2.31. The van der Waals surface area contributed by atoms with Gasteiger partial charge in [-0.25, -0.2) is 0 Å². The first-order chi connectivity index (χ1) is 17.7. The van der Waals surface area contributed by atoms with Crippen LogP contribution in [-0.4, -0.2) is 120 Å². The predicted octanol–water partition coefficient (Wildman–Crippen LogP) is -2.54. The van der Waals surface area contributed by atoms with Crippen LogP contribution in [0.25, 0.3) is 0 Å². The van der Waals surface area contributed by atoms with Gasteiger partial charge in [-0.3, -0.25) is 24.0 Å². The van der Waals surface area contributed by atoms with Gasteiger partial charge in [-0.05, 0) is 0 Å². The van der Waals surface area contributed by atoms with E-state index in [0.717, 1.165) is 34.6 Å². The first-order valence-electron chi connectivity index (χ1n) is 11.5. The van der Waals surface area contributed by atoms with E-state index in [-0.39, 0.29) is 0 Å². The molecule has 0 unspecified atom stereocenters. The molecule has 0 amide bonds. The van der Waals surface area contributed by atoms with E-state index in [9.17, 15) is 39.3 Å². The normalized spacial score (nSPS) is 34.9. The molecule has 2 fully saturated rings. The maximum atomic E-state index is 11.8. The molecule has 0 aromatic rings. The van der Waals surface area contributed by atoms with E-state index in [1.807, 2.05) is 0 Å². The molecule has 0 aliphatic carbocycles. The molecule has 38 heavy (non-hydrogen) atoms. The summed E-state index contributed by atoms with van der Waals surface area (Å²) in [6.07, 6.45) is -15.3. The summed E-state index contributed by atoms with van der Waals surface area (Å²) >= 11 is 0. The van der Waals surface area contributed by atoms with Gasteiger partial charge in [-0.1, -0.05) is 0 Å². The third-order valence-electron chi connectivity index (χ3n) is 5.34. The van der Waals surface area contributed by atoms with Crippen molar-refractivity contribution in [1.82, 2.24) is 0 Å². The van der Waals surface area contributed by atoms with Gasteiger partial charge in [0.2, 0.25) is 0 Å². The number of aliphatic hydroxyl groups is 3. The Balaban J connectivity index is 2.35. The molecule has 2 aliphatic rings. The van der Waals surface area contributed by atoms with E-state index >= 15 is 0 Å². The Morgan fingerprint density at radius 2 is 1.05 bits per heavy atom. The lowest BCUT2D eigenvalue weighted by molar-refractivity contribution is -0.329. The van der Waals surface area contributed by atoms with E-state index in [2.05, 4.69) is 0 Å². The maximum Gasteiger partial charge on any atom is 0.303 e. The lowest BCUT2D eigenvalue weighted by atomic mass is 9.97. The van der Waals surface area contributed by atoms with Gasteiger partial charge in [0.25, 0.3) is 0 Å². The monoisotopic (exact) mass is 552 g/mol. The van der Waals surface area contributed by atoms with Crippen LogP contribution in [-0.2, 0) is 61.9 Å². The van der Waals surface area contributed by atoms with Gasteiger partial charge in [0, 0.05) is 34.6 Å². The van der Waals surface area contributed by atoms with Crippen LogP contribution >= 0.6 is 0 Å². The molecule has 3 N–H and O–H groups in total. The highest BCUT2D eigenvalue weighted by Gasteiger charge is 2.53. The Morgan fingerprint density at radius 3 is 1.55 bits per heavy atom. The molecule has 0 radical (unpaired) electrons. The summed E-state index contributed by atoms with van der Waals surface area (Å²) in [6, 6.07) is 0. The van der Waals surface area contributed by atoms with Gasteiger partial charge >= 0.3 is 29.8 Å². The number of esters is 5. The van der Waals surface area contributed by atoms with Crippen LogP contribution in [0.15, 0.2) is 0 Å². The number of aliphatic hydroxyl groups excluding tert-OH is 3. The first kappa shape index (κ1) is 31.3.